The summed E-state index contributed by atoms with van der Waals surface area (Å²) < 4.78 is 6.05. The van der Waals surface area contributed by atoms with Crippen LogP contribution in [0.1, 0.15) is 34.3 Å². The van der Waals surface area contributed by atoms with E-state index in [1.165, 1.54) is 0 Å². The molecule has 31 heavy (non-hydrogen) atoms. The third-order valence-electron chi connectivity index (χ3n) is 5.82. The maximum atomic E-state index is 12.5. The first-order valence-electron chi connectivity index (χ1n) is 10.7. The van der Waals surface area contributed by atoms with Gasteiger partial charge in [0.05, 0.1) is 0 Å². The van der Waals surface area contributed by atoms with Crippen molar-refractivity contribution in [3.05, 3.63) is 65.4 Å². The van der Waals surface area contributed by atoms with Gasteiger partial charge in [0.2, 0.25) is 0 Å². The van der Waals surface area contributed by atoms with Crippen LogP contribution in [0.15, 0.2) is 48.7 Å². The standard InChI is InChI=1S/C24H29N5O2/c1-29-12-9-19(10-13-29)31-18-5-3-17(4-6-18)24(30)27-11-8-16-2-7-22-20(14-16)21(15-28-22)23(25)26/h2-7,14-15,19,28H,8-13H2,1H3,(H3,25,26)(H,27,30). The number of nitrogens with zero attached hydrogens (tertiary/aromatic N) is 1. The molecule has 0 spiro atoms. The van der Waals surface area contributed by atoms with Crippen LogP contribution < -0.4 is 15.8 Å². The van der Waals surface area contributed by atoms with Crippen LogP contribution in [0.5, 0.6) is 5.75 Å². The van der Waals surface area contributed by atoms with Crippen molar-refractivity contribution in [3.8, 4) is 5.75 Å². The van der Waals surface area contributed by atoms with Crippen molar-refractivity contribution in [1.82, 2.24) is 15.2 Å². The molecule has 0 saturated carbocycles. The fourth-order valence-corrected chi connectivity index (χ4v) is 3.95. The molecule has 7 nitrogen and oxygen atoms in total. The van der Waals surface area contributed by atoms with Gasteiger partial charge in [-0.3, -0.25) is 10.2 Å². The van der Waals surface area contributed by atoms with Gasteiger partial charge in [-0.1, -0.05) is 6.07 Å². The van der Waals surface area contributed by atoms with Crippen LogP contribution in [0.4, 0.5) is 0 Å². The summed E-state index contributed by atoms with van der Waals surface area (Å²) in [4.78, 5) is 17.9. The normalized spacial score (nSPS) is 15.1. The number of amidine groups is 1. The number of aromatic nitrogens is 1. The molecule has 4 rings (SSSR count). The number of nitrogens with one attached hydrogen (secondary N) is 3. The fourth-order valence-electron chi connectivity index (χ4n) is 3.95. The molecular weight excluding hydrogens is 390 g/mol. The first-order chi connectivity index (χ1) is 15.0. The van der Waals surface area contributed by atoms with Crippen LogP contribution in [-0.4, -0.2) is 54.4 Å². The second-order valence-corrected chi connectivity index (χ2v) is 8.15. The summed E-state index contributed by atoms with van der Waals surface area (Å²) in [6.07, 6.45) is 4.75. The number of piperidine rings is 1. The van der Waals surface area contributed by atoms with Crippen LogP contribution in [0.25, 0.3) is 10.9 Å². The minimum atomic E-state index is -0.0991. The summed E-state index contributed by atoms with van der Waals surface area (Å²) >= 11 is 0. The molecule has 1 aliphatic heterocycles. The number of ether oxygens (including phenoxy) is 1. The minimum Gasteiger partial charge on any atom is -0.490 e. The number of amides is 1. The Kier molecular flexibility index (Phi) is 6.23. The first-order valence-corrected chi connectivity index (χ1v) is 10.7. The third-order valence-corrected chi connectivity index (χ3v) is 5.82. The average Bonchev–Trinajstić information content (AvgIpc) is 3.19. The first kappa shape index (κ1) is 20.9. The zero-order valence-electron chi connectivity index (χ0n) is 17.8. The lowest BCUT2D eigenvalue weighted by atomic mass is 10.1. The van der Waals surface area contributed by atoms with Gasteiger partial charge in [0.1, 0.15) is 17.7 Å². The zero-order valence-corrected chi connectivity index (χ0v) is 17.8. The summed E-state index contributed by atoms with van der Waals surface area (Å²) in [5, 5.41) is 11.6. The number of rotatable bonds is 7. The Labute approximate surface area is 182 Å². The van der Waals surface area contributed by atoms with Gasteiger partial charge >= 0.3 is 0 Å². The van der Waals surface area contributed by atoms with Crippen LogP contribution in [0.3, 0.4) is 0 Å². The molecule has 5 N–H and O–H groups in total. The molecule has 0 aliphatic carbocycles. The minimum absolute atomic E-state index is 0.0416. The molecule has 1 amide bonds. The summed E-state index contributed by atoms with van der Waals surface area (Å²) in [5.41, 5.74) is 8.99. The predicted molar refractivity (Wildman–Crippen MR) is 123 cm³/mol. The lowest BCUT2D eigenvalue weighted by molar-refractivity contribution is 0.0954. The van der Waals surface area contributed by atoms with Gasteiger partial charge in [-0.05, 0) is 68.3 Å². The average molecular weight is 420 g/mol. The molecule has 1 fully saturated rings. The van der Waals surface area contributed by atoms with Crippen molar-refractivity contribution in [1.29, 1.82) is 5.41 Å². The summed E-state index contributed by atoms with van der Waals surface area (Å²) in [7, 11) is 2.13. The molecular formula is C24H29N5O2. The summed E-state index contributed by atoms with van der Waals surface area (Å²) in [6.45, 7) is 2.63. The van der Waals surface area contributed by atoms with Crippen molar-refractivity contribution in [2.45, 2.75) is 25.4 Å². The Balaban J connectivity index is 1.29. The fraction of sp³-hybridized carbons (Fsp3) is 0.333. The molecule has 1 aliphatic rings. The van der Waals surface area contributed by atoms with Crippen molar-refractivity contribution < 1.29 is 9.53 Å². The molecule has 2 aromatic carbocycles. The summed E-state index contributed by atoms with van der Waals surface area (Å²) in [5.74, 6) is 0.755. The van der Waals surface area contributed by atoms with E-state index in [-0.39, 0.29) is 17.8 Å². The van der Waals surface area contributed by atoms with E-state index in [1.807, 2.05) is 42.5 Å². The number of H-pyrrole nitrogens is 1. The lowest BCUT2D eigenvalue weighted by Crippen LogP contribution is -2.35. The third kappa shape index (κ3) is 5.06. The maximum Gasteiger partial charge on any atom is 0.251 e. The maximum absolute atomic E-state index is 12.5. The number of fused-ring (bicyclic) bond motifs is 1. The van der Waals surface area contributed by atoms with Gasteiger partial charge in [-0.15, -0.1) is 0 Å². The molecule has 0 atom stereocenters. The van der Waals surface area contributed by atoms with Crippen molar-refractivity contribution in [2.24, 2.45) is 5.73 Å². The van der Waals surface area contributed by atoms with E-state index >= 15 is 0 Å². The van der Waals surface area contributed by atoms with E-state index in [9.17, 15) is 4.79 Å². The number of carbonyl (C=O) groups is 1. The van der Waals surface area contributed by atoms with E-state index in [1.54, 1.807) is 6.20 Å². The highest BCUT2D eigenvalue weighted by atomic mass is 16.5. The molecule has 2 heterocycles. The molecule has 3 aromatic rings. The number of hydrogen-bond acceptors (Lipinski definition) is 4. The van der Waals surface area contributed by atoms with E-state index in [0.29, 0.717) is 24.1 Å². The number of nitrogen functional groups attached to an aromatic ring is 1. The monoisotopic (exact) mass is 419 g/mol. The number of carbonyl (C=O) groups excluding carboxylic acids is 1. The van der Waals surface area contributed by atoms with Crippen LogP contribution >= 0.6 is 0 Å². The Morgan fingerprint density at radius 1 is 1.23 bits per heavy atom. The van der Waals surface area contributed by atoms with Gasteiger partial charge in [0, 0.05) is 47.9 Å². The molecule has 0 bridgehead atoms. The second-order valence-electron chi connectivity index (χ2n) is 8.15. The number of hydrogen-bond donors (Lipinski definition) is 4. The summed E-state index contributed by atoms with van der Waals surface area (Å²) in [6, 6.07) is 13.4. The van der Waals surface area contributed by atoms with Gasteiger partial charge in [0.25, 0.3) is 5.91 Å². The van der Waals surface area contributed by atoms with E-state index < -0.39 is 0 Å². The van der Waals surface area contributed by atoms with Crippen LogP contribution in [0, 0.1) is 5.41 Å². The number of benzene rings is 2. The predicted octanol–water partition coefficient (Wildman–Crippen LogP) is 2.90. The molecule has 1 aromatic heterocycles. The van der Waals surface area contributed by atoms with Crippen molar-refractivity contribution in [2.75, 3.05) is 26.7 Å². The highest BCUT2D eigenvalue weighted by Crippen LogP contribution is 2.21. The van der Waals surface area contributed by atoms with E-state index in [0.717, 1.165) is 48.1 Å². The largest absolute Gasteiger partial charge is 0.490 e. The number of nitrogens with two attached hydrogens (primary N) is 1. The SMILES string of the molecule is CN1CCC(Oc2ccc(C(=O)NCCc3ccc4[nH]cc(C(=N)N)c4c3)cc2)CC1. The van der Waals surface area contributed by atoms with Gasteiger partial charge in [-0.2, -0.15) is 0 Å². The molecule has 7 heteroatoms. The highest BCUT2D eigenvalue weighted by molar-refractivity contribution is 6.07. The highest BCUT2D eigenvalue weighted by Gasteiger charge is 2.18. The number of aromatic amines is 1. The Bertz CT molecular complexity index is 1070. The number of likely N-dealkylation sites (tertiary alicyclic amines) is 1. The van der Waals surface area contributed by atoms with Crippen LogP contribution in [-0.2, 0) is 6.42 Å². The van der Waals surface area contributed by atoms with Gasteiger partial charge < -0.3 is 25.7 Å². The van der Waals surface area contributed by atoms with Gasteiger partial charge in [-0.25, -0.2) is 0 Å². The Morgan fingerprint density at radius 2 is 1.97 bits per heavy atom. The van der Waals surface area contributed by atoms with Gasteiger partial charge in [0.15, 0.2) is 0 Å². The second kappa shape index (κ2) is 9.22. The van der Waals surface area contributed by atoms with Crippen LogP contribution in [0.2, 0.25) is 0 Å². The van der Waals surface area contributed by atoms with Crippen molar-refractivity contribution >= 4 is 22.6 Å². The smallest absolute Gasteiger partial charge is 0.251 e. The quantitative estimate of drug-likeness (QED) is 0.349. The topological polar surface area (TPSA) is 107 Å². The Morgan fingerprint density at radius 3 is 2.68 bits per heavy atom. The van der Waals surface area contributed by atoms with Crippen molar-refractivity contribution in [3.63, 3.8) is 0 Å². The zero-order chi connectivity index (χ0) is 21.8. The van der Waals surface area contributed by atoms with E-state index in [4.69, 9.17) is 15.9 Å². The molecule has 162 valence electrons. The molecule has 1 saturated heterocycles. The lowest BCUT2D eigenvalue weighted by Gasteiger charge is -2.29. The van der Waals surface area contributed by atoms with E-state index in [2.05, 4.69) is 22.2 Å². The Hall–Kier alpha value is -3.32. The molecule has 0 radical (unpaired) electrons. The molecule has 0 unspecified atom stereocenters.